The predicted molar refractivity (Wildman–Crippen MR) is 51.3 cm³/mol. The van der Waals surface area contributed by atoms with Gasteiger partial charge >= 0.3 is 0 Å². The summed E-state index contributed by atoms with van der Waals surface area (Å²) >= 11 is 0. The number of hydrogen-bond donors (Lipinski definition) is 0. The van der Waals surface area contributed by atoms with Gasteiger partial charge in [0.25, 0.3) is 0 Å². The molecule has 0 aliphatic carbocycles. The molecule has 1 fully saturated rings. The topological polar surface area (TPSA) is 12.5 Å². The van der Waals surface area contributed by atoms with E-state index in [2.05, 4.69) is 32.6 Å². The van der Waals surface area contributed by atoms with Crippen LogP contribution in [0.2, 0.25) is 0 Å². The minimum Gasteiger partial charge on any atom is -0.380 e. The van der Waals surface area contributed by atoms with Crippen LogP contribution in [0.1, 0.15) is 34.1 Å². The van der Waals surface area contributed by atoms with E-state index < -0.39 is 0 Å². The zero-order valence-corrected chi connectivity index (χ0v) is 8.92. The third-order valence-corrected chi connectivity index (χ3v) is 2.73. The zero-order valence-electron chi connectivity index (χ0n) is 8.92. The minimum absolute atomic E-state index is 0.284. The summed E-state index contributed by atoms with van der Waals surface area (Å²) in [6, 6.07) is 0.662. The van der Waals surface area contributed by atoms with Gasteiger partial charge in [0.15, 0.2) is 0 Å². The van der Waals surface area contributed by atoms with Gasteiger partial charge < -0.3 is 4.74 Å². The highest BCUT2D eigenvalue weighted by atomic mass is 16.5. The van der Waals surface area contributed by atoms with Crippen molar-refractivity contribution in [1.82, 2.24) is 4.90 Å². The van der Waals surface area contributed by atoms with Gasteiger partial charge in [0.2, 0.25) is 0 Å². The van der Waals surface area contributed by atoms with E-state index in [-0.39, 0.29) is 5.54 Å². The van der Waals surface area contributed by atoms with E-state index in [9.17, 15) is 0 Å². The summed E-state index contributed by atoms with van der Waals surface area (Å²) in [4.78, 5) is 2.52. The van der Waals surface area contributed by atoms with E-state index in [1.54, 1.807) is 0 Å². The summed E-state index contributed by atoms with van der Waals surface area (Å²) in [6.07, 6.45) is 1.62. The molecule has 2 nitrogen and oxygen atoms in total. The van der Waals surface area contributed by atoms with E-state index in [4.69, 9.17) is 4.74 Å². The normalized spacial score (nSPS) is 32.8. The fourth-order valence-electron chi connectivity index (χ4n) is 2.09. The van der Waals surface area contributed by atoms with Crippen molar-refractivity contribution in [3.05, 3.63) is 0 Å². The largest absolute Gasteiger partial charge is 0.380 e. The highest BCUT2D eigenvalue weighted by Crippen LogP contribution is 2.27. The maximum absolute atomic E-state index is 5.37. The third-order valence-electron chi connectivity index (χ3n) is 2.73. The number of ether oxygens (including phenoxy) is 1. The molecule has 2 heteroatoms. The van der Waals surface area contributed by atoms with E-state index in [0.29, 0.717) is 12.1 Å². The summed E-state index contributed by atoms with van der Waals surface area (Å²) in [6.45, 7) is 10.2. The van der Waals surface area contributed by atoms with Crippen LogP contribution in [0.25, 0.3) is 0 Å². The number of nitrogens with zero attached hydrogens (tertiary/aromatic N) is 1. The quantitative estimate of drug-likeness (QED) is 0.597. The first-order valence-corrected chi connectivity index (χ1v) is 4.74. The van der Waals surface area contributed by atoms with Crippen LogP contribution in [0.15, 0.2) is 0 Å². The maximum Gasteiger partial charge on any atom is 0.0713 e. The van der Waals surface area contributed by atoms with E-state index in [1.165, 1.54) is 6.42 Å². The Kier molecular flexibility index (Phi) is 2.79. The molecule has 1 aliphatic rings. The molecule has 0 aromatic carbocycles. The lowest BCUT2D eigenvalue weighted by atomic mass is 10.1. The van der Waals surface area contributed by atoms with Crippen molar-refractivity contribution in [1.29, 1.82) is 0 Å². The van der Waals surface area contributed by atoms with Crippen LogP contribution in [-0.2, 0) is 4.74 Å². The standard InChI is InChI=1S/C10H21NO/c1-8-6-9(12-5)7-11(8)10(2,3)4/h8-9H,6-7H2,1-5H3/t8-,9+/m0/s1. The summed E-state index contributed by atoms with van der Waals surface area (Å²) < 4.78 is 5.37. The van der Waals surface area contributed by atoms with Crippen LogP contribution in [0.4, 0.5) is 0 Å². The van der Waals surface area contributed by atoms with Gasteiger partial charge in [-0.2, -0.15) is 0 Å². The van der Waals surface area contributed by atoms with E-state index in [1.807, 2.05) is 7.11 Å². The Morgan fingerprint density at radius 3 is 2.17 bits per heavy atom. The Morgan fingerprint density at radius 2 is 1.92 bits per heavy atom. The maximum atomic E-state index is 5.37. The molecule has 0 saturated carbocycles. The molecule has 0 aromatic heterocycles. The van der Waals surface area contributed by atoms with Gasteiger partial charge in [0, 0.05) is 25.2 Å². The zero-order chi connectivity index (χ0) is 9.35. The molecule has 2 atom stereocenters. The second-order valence-electron chi connectivity index (χ2n) is 4.77. The monoisotopic (exact) mass is 171 g/mol. The first-order chi connectivity index (χ1) is 5.45. The SMILES string of the molecule is CO[C@@H]1C[C@H](C)N(C(C)(C)C)C1. The number of methoxy groups -OCH3 is 1. The van der Waals surface area contributed by atoms with Crippen molar-refractivity contribution in [2.24, 2.45) is 0 Å². The molecule has 0 N–H and O–H groups in total. The van der Waals surface area contributed by atoms with E-state index in [0.717, 1.165) is 6.54 Å². The third kappa shape index (κ3) is 1.99. The average molecular weight is 171 g/mol. The minimum atomic E-state index is 0.284. The first kappa shape index (κ1) is 10.0. The highest BCUT2D eigenvalue weighted by Gasteiger charge is 2.35. The molecule has 1 heterocycles. The average Bonchev–Trinajstić information content (AvgIpc) is 2.29. The molecule has 0 amide bonds. The summed E-state index contributed by atoms with van der Waals surface area (Å²) in [5, 5.41) is 0. The Morgan fingerprint density at radius 1 is 1.33 bits per heavy atom. The fourth-order valence-corrected chi connectivity index (χ4v) is 2.09. The van der Waals surface area contributed by atoms with Crippen molar-refractivity contribution in [2.75, 3.05) is 13.7 Å². The number of hydrogen-bond acceptors (Lipinski definition) is 2. The summed E-state index contributed by atoms with van der Waals surface area (Å²) in [5.74, 6) is 0. The van der Waals surface area contributed by atoms with Crippen molar-refractivity contribution in [3.63, 3.8) is 0 Å². The van der Waals surface area contributed by atoms with Gasteiger partial charge in [-0.25, -0.2) is 0 Å². The van der Waals surface area contributed by atoms with Crippen LogP contribution < -0.4 is 0 Å². The molecule has 12 heavy (non-hydrogen) atoms. The van der Waals surface area contributed by atoms with Crippen LogP contribution in [0, 0.1) is 0 Å². The molecule has 0 radical (unpaired) electrons. The summed E-state index contributed by atoms with van der Waals surface area (Å²) in [5.41, 5.74) is 0.284. The van der Waals surface area contributed by atoms with Gasteiger partial charge in [-0.1, -0.05) is 0 Å². The molecule has 1 saturated heterocycles. The molecular formula is C10H21NO. The molecule has 0 spiro atoms. The number of rotatable bonds is 1. The van der Waals surface area contributed by atoms with Crippen molar-refractivity contribution in [2.45, 2.75) is 51.8 Å². The first-order valence-electron chi connectivity index (χ1n) is 4.74. The molecule has 0 aromatic rings. The van der Waals surface area contributed by atoms with Gasteiger partial charge in [-0.3, -0.25) is 4.90 Å². The lowest BCUT2D eigenvalue weighted by Gasteiger charge is -2.35. The van der Waals surface area contributed by atoms with Crippen molar-refractivity contribution >= 4 is 0 Å². The second-order valence-corrected chi connectivity index (χ2v) is 4.77. The van der Waals surface area contributed by atoms with Gasteiger partial charge in [-0.05, 0) is 34.1 Å². The lowest BCUT2D eigenvalue weighted by molar-refractivity contribution is 0.0832. The van der Waals surface area contributed by atoms with Gasteiger partial charge in [0.05, 0.1) is 6.10 Å². The smallest absolute Gasteiger partial charge is 0.0713 e. The number of likely N-dealkylation sites (tertiary alicyclic amines) is 1. The molecule has 72 valence electrons. The van der Waals surface area contributed by atoms with Crippen LogP contribution in [0.5, 0.6) is 0 Å². The summed E-state index contributed by atoms with van der Waals surface area (Å²) in [7, 11) is 1.81. The van der Waals surface area contributed by atoms with E-state index >= 15 is 0 Å². The Hall–Kier alpha value is -0.0800. The Bertz CT molecular complexity index is 150. The van der Waals surface area contributed by atoms with Crippen LogP contribution >= 0.6 is 0 Å². The molecule has 0 bridgehead atoms. The fraction of sp³-hybridized carbons (Fsp3) is 1.00. The molecule has 1 rings (SSSR count). The molecular weight excluding hydrogens is 150 g/mol. The second kappa shape index (κ2) is 3.35. The molecule has 1 aliphatic heterocycles. The van der Waals surface area contributed by atoms with Gasteiger partial charge in [0.1, 0.15) is 0 Å². The van der Waals surface area contributed by atoms with Crippen molar-refractivity contribution < 1.29 is 4.74 Å². The molecule has 0 unspecified atom stereocenters. The van der Waals surface area contributed by atoms with Crippen molar-refractivity contribution in [3.8, 4) is 0 Å². The lowest BCUT2D eigenvalue weighted by Crippen LogP contribution is -2.43. The Labute approximate surface area is 75.9 Å². The van der Waals surface area contributed by atoms with Crippen LogP contribution in [-0.4, -0.2) is 36.2 Å². The predicted octanol–water partition coefficient (Wildman–Crippen LogP) is 1.89. The van der Waals surface area contributed by atoms with Crippen LogP contribution in [0.3, 0.4) is 0 Å². The van der Waals surface area contributed by atoms with Gasteiger partial charge in [-0.15, -0.1) is 0 Å². The highest BCUT2D eigenvalue weighted by molar-refractivity contribution is 4.90. The Balaban J connectivity index is 2.58.